The molecule has 0 radical (unpaired) electrons. The maximum absolute atomic E-state index is 12.9. The van der Waals surface area contributed by atoms with E-state index in [2.05, 4.69) is 27.7 Å². The molecule has 63 heavy (non-hydrogen) atoms. The van der Waals surface area contributed by atoms with Gasteiger partial charge in [-0.1, -0.05) is 83.8 Å². The molecule has 1 unspecified atom stereocenters. The Balaban J connectivity index is 1.76. The second kappa shape index (κ2) is 30.7. The molecule has 0 saturated heterocycles. The van der Waals surface area contributed by atoms with Crippen molar-refractivity contribution in [3.63, 3.8) is 0 Å². The Morgan fingerprint density at radius 2 is 1.40 bits per heavy atom. The van der Waals surface area contributed by atoms with E-state index in [0.717, 1.165) is 95.0 Å². The van der Waals surface area contributed by atoms with Gasteiger partial charge in [0.25, 0.3) is 7.82 Å². The van der Waals surface area contributed by atoms with Gasteiger partial charge >= 0.3 is 11.9 Å². The Hall–Kier alpha value is -2.42. The molecule has 0 amide bonds. The van der Waals surface area contributed by atoms with Crippen molar-refractivity contribution in [3.8, 4) is 0 Å². The molecule has 1 aliphatic carbocycles. The number of phosphoric acid groups is 1. The predicted octanol–water partition coefficient (Wildman–Crippen LogP) is 7.94. The average molecular weight is 914 g/mol. The van der Waals surface area contributed by atoms with Crippen molar-refractivity contribution in [2.45, 2.75) is 193 Å². The number of nitrogens with zero attached hydrogens (tertiary/aromatic N) is 1. The fourth-order valence-corrected chi connectivity index (χ4v) is 8.60. The van der Waals surface area contributed by atoms with Crippen LogP contribution in [-0.4, -0.2) is 109 Å². The Morgan fingerprint density at radius 3 is 2.05 bits per heavy atom. The molecule has 15 heteroatoms. The number of furan rings is 1. The van der Waals surface area contributed by atoms with Crippen LogP contribution in [0.2, 0.25) is 0 Å². The third kappa shape index (κ3) is 24.6. The van der Waals surface area contributed by atoms with E-state index in [4.69, 9.17) is 22.9 Å². The Morgan fingerprint density at radius 1 is 0.794 bits per heavy atom. The van der Waals surface area contributed by atoms with E-state index in [1.165, 1.54) is 11.1 Å². The van der Waals surface area contributed by atoms with Gasteiger partial charge in [0.15, 0.2) is 6.10 Å². The Labute approximate surface area is 378 Å². The number of aliphatic hydroxyl groups is 3. The zero-order valence-corrected chi connectivity index (χ0v) is 40.7. The first kappa shape index (κ1) is 56.7. The summed E-state index contributed by atoms with van der Waals surface area (Å²) in [5, 5.41) is 31.4. The highest BCUT2D eigenvalue weighted by atomic mass is 31.2. The van der Waals surface area contributed by atoms with Gasteiger partial charge in [0.1, 0.15) is 37.1 Å². The maximum atomic E-state index is 12.9. The van der Waals surface area contributed by atoms with Gasteiger partial charge in [0.2, 0.25) is 0 Å². The molecule has 1 fully saturated rings. The summed E-state index contributed by atoms with van der Waals surface area (Å²) in [5.74, 6) is 0.0772. The van der Waals surface area contributed by atoms with Crippen molar-refractivity contribution < 1.29 is 66.6 Å². The van der Waals surface area contributed by atoms with Gasteiger partial charge < -0.3 is 47.6 Å². The predicted molar refractivity (Wildman–Crippen MR) is 242 cm³/mol. The zero-order chi connectivity index (χ0) is 46.8. The lowest BCUT2D eigenvalue weighted by Crippen LogP contribution is -2.37. The Kier molecular flexibility index (Phi) is 27.7. The normalized spacial score (nSPS) is 19.9. The van der Waals surface area contributed by atoms with Gasteiger partial charge in [-0.2, -0.15) is 0 Å². The van der Waals surface area contributed by atoms with Crippen LogP contribution in [0.25, 0.3) is 0 Å². The van der Waals surface area contributed by atoms with Gasteiger partial charge in [-0.15, -0.1) is 0 Å². The number of ketones is 1. The summed E-state index contributed by atoms with van der Waals surface area (Å²) >= 11 is 0. The summed E-state index contributed by atoms with van der Waals surface area (Å²) in [6.45, 7) is 7.87. The van der Waals surface area contributed by atoms with Crippen LogP contribution in [0, 0.1) is 25.7 Å². The number of unbranched alkanes of at least 4 members (excludes halogenated alkanes) is 10. The number of phosphoric ester groups is 1. The highest BCUT2D eigenvalue weighted by Gasteiger charge is 2.41. The van der Waals surface area contributed by atoms with E-state index in [1.54, 1.807) is 12.2 Å². The SMILES string of the molecule is CCCCC[C@H](O)/C=C/[C@@H]1[C@@H](CC(=O)CCCCC(=O)O[C@H](COC(=O)CCCCCCCCCCc2oc(CCC)c(C)c2C)COP(=O)([O-])OCC[N+](C)(C)C)[C@@H](O)C[C@H]1O. The van der Waals surface area contributed by atoms with Gasteiger partial charge in [-0.25, -0.2) is 0 Å². The number of esters is 2. The summed E-state index contributed by atoms with van der Waals surface area (Å²) in [6, 6.07) is 0. The summed E-state index contributed by atoms with van der Waals surface area (Å²) in [7, 11) is 0.919. The van der Waals surface area contributed by atoms with E-state index in [0.29, 0.717) is 36.7 Å². The number of rotatable bonds is 36. The summed E-state index contributed by atoms with van der Waals surface area (Å²) < 4.78 is 40.0. The quantitative estimate of drug-likeness (QED) is 0.0193. The molecule has 364 valence electrons. The monoisotopic (exact) mass is 914 g/mol. The van der Waals surface area contributed by atoms with E-state index in [1.807, 2.05) is 21.1 Å². The lowest BCUT2D eigenvalue weighted by molar-refractivity contribution is -0.870. The number of hydrogen-bond acceptors (Lipinski definition) is 13. The topological polar surface area (TPSA) is 202 Å². The van der Waals surface area contributed by atoms with Crippen molar-refractivity contribution >= 4 is 25.5 Å². The van der Waals surface area contributed by atoms with Gasteiger partial charge in [-0.3, -0.25) is 18.9 Å². The number of aryl methyl sites for hydroxylation is 2. The number of carbonyl (C=O) groups excluding carboxylic acids is 3. The van der Waals surface area contributed by atoms with Crippen LogP contribution >= 0.6 is 7.82 Å². The number of hydrogen-bond donors (Lipinski definition) is 3. The molecular formula is C48H84NO13P. The summed E-state index contributed by atoms with van der Waals surface area (Å²) in [4.78, 5) is 50.9. The highest BCUT2D eigenvalue weighted by molar-refractivity contribution is 7.45. The minimum Gasteiger partial charge on any atom is -0.756 e. The number of quaternary nitrogens is 1. The first-order chi connectivity index (χ1) is 29.9. The van der Waals surface area contributed by atoms with E-state index >= 15 is 0 Å². The first-order valence-corrected chi connectivity index (χ1v) is 25.4. The van der Waals surface area contributed by atoms with E-state index in [9.17, 15) is 39.2 Å². The smallest absolute Gasteiger partial charge is 0.306 e. The van der Waals surface area contributed by atoms with Crippen molar-refractivity contribution in [1.29, 1.82) is 0 Å². The van der Waals surface area contributed by atoms with Crippen LogP contribution in [0.4, 0.5) is 0 Å². The lowest BCUT2D eigenvalue weighted by atomic mass is 9.87. The van der Waals surface area contributed by atoms with E-state index < -0.39 is 62.6 Å². The van der Waals surface area contributed by atoms with E-state index in [-0.39, 0.29) is 51.1 Å². The van der Waals surface area contributed by atoms with Crippen molar-refractivity contribution in [3.05, 3.63) is 34.8 Å². The molecule has 7 atom stereocenters. The average Bonchev–Trinajstić information content (AvgIpc) is 3.63. The van der Waals surface area contributed by atoms with Crippen LogP contribution in [0.15, 0.2) is 16.6 Å². The standard InChI is InChI=1S/C48H84NO13P/c1-8-10-17-23-38(50)28-29-41-42(44(53)33-43(41)52)32-39(51)24-20-21-27-48(55)61-40(35-60-63(56,57)59-31-30-49(5,6)7)34-58-47(54)26-19-16-14-12-11-13-15-18-25-46-37(4)36(3)45(62-46)22-9-2/h28-29,38,40-44,50,52-53H,8-27,30-35H2,1-7H3/b29-28+/t38-,40+,41+,42+,43+,44-/m0/s1. The van der Waals surface area contributed by atoms with Crippen LogP contribution in [0.1, 0.15) is 165 Å². The molecule has 1 aliphatic rings. The number of likely N-dealkylation sites (N-methyl/N-ethyl adjacent to an activating group) is 1. The summed E-state index contributed by atoms with van der Waals surface area (Å²) in [6.07, 6.45) is 15.8. The number of carbonyl (C=O) groups is 3. The molecule has 14 nitrogen and oxygen atoms in total. The first-order valence-electron chi connectivity index (χ1n) is 23.9. The third-order valence-electron chi connectivity index (χ3n) is 11.9. The van der Waals surface area contributed by atoms with Crippen LogP contribution in [0.3, 0.4) is 0 Å². The van der Waals surface area contributed by atoms with Crippen molar-refractivity contribution in [1.82, 2.24) is 0 Å². The lowest BCUT2D eigenvalue weighted by Gasteiger charge is -2.28. The second-order valence-electron chi connectivity index (χ2n) is 18.7. The van der Waals surface area contributed by atoms with Crippen LogP contribution in [-0.2, 0) is 50.3 Å². The molecule has 1 heterocycles. The minimum absolute atomic E-state index is 0.0631. The van der Waals surface area contributed by atoms with Crippen LogP contribution < -0.4 is 4.89 Å². The molecule has 2 rings (SSSR count). The van der Waals surface area contributed by atoms with Gasteiger partial charge in [0.05, 0.1) is 46.1 Å². The summed E-state index contributed by atoms with van der Waals surface area (Å²) in [5.41, 5.74) is 2.58. The maximum Gasteiger partial charge on any atom is 0.306 e. The highest BCUT2D eigenvalue weighted by Crippen LogP contribution is 2.39. The van der Waals surface area contributed by atoms with Gasteiger partial charge in [0, 0.05) is 56.8 Å². The minimum atomic E-state index is -4.74. The molecule has 1 aromatic heterocycles. The molecule has 1 aromatic rings. The third-order valence-corrected chi connectivity index (χ3v) is 12.9. The fourth-order valence-electron chi connectivity index (χ4n) is 7.87. The zero-order valence-electron chi connectivity index (χ0n) is 39.8. The van der Waals surface area contributed by atoms with Crippen molar-refractivity contribution in [2.24, 2.45) is 11.8 Å². The molecule has 0 aliphatic heterocycles. The van der Waals surface area contributed by atoms with Gasteiger partial charge in [-0.05, 0) is 63.5 Å². The molecular weight excluding hydrogens is 829 g/mol. The Bertz CT molecular complexity index is 1540. The number of aliphatic hydroxyl groups excluding tert-OH is 3. The molecule has 0 spiro atoms. The largest absolute Gasteiger partial charge is 0.756 e. The number of ether oxygens (including phenoxy) is 2. The molecule has 0 bridgehead atoms. The van der Waals surface area contributed by atoms with Crippen molar-refractivity contribution in [2.75, 3.05) is 47.5 Å². The molecule has 1 saturated carbocycles. The fraction of sp³-hybridized carbons (Fsp3) is 0.812. The molecule has 0 aromatic carbocycles. The molecule has 3 N–H and O–H groups in total. The second-order valence-corrected chi connectivity index (χ2v) is 20.1. The van der Waals surface area contributed by atoms with Crippen LogP contribution in [0.5, 0.6) is 0 Å². The number of Topliss-reactive ketones (excluding diaryl/α,β-unsaturated/α-hetero) is 1.